The molecule has 3 heterocycles. The van der Waals surface area contributed by atoms with Gasteiger partial charge in [0.05, 0.1) is 44.0 Å². The van der Waals surface area contributed by atoms with E-state index in [1.807, 2.05) is 0 Å². The first-order valence-corrected chi connectivity index (χ1v) is 8.64. The maximum absolute atomic E-state index is 12.8. The molecule has 22 heavy (non-hydrogen) atoms. The van der Waals surface area contributed by atoms with Gasteiger partial charge in [-0.15, -0.1) is 0 Å². The van der Waals surface area contributed by atoms with Gasteiger partial charge in [0.15, 0.2) is 0 Å². The molecule has 1 aromatic heterocycles. The minimum Gasteiger partial charge on any atom is -0.330 e. The van der Waals surface area contributed by atoms with Gasteiger partial charge in [0, 0.05) is 12.7 Å². The van der Waals surface area contributed by atoms with Gasteiger partial charge in [-0.05, 0) is 6.07 Å². The van der Waals surface area contributed by atoms with Gasteiger partial charge in [-0.1, -0.05) is 0 Å². The van der Waals surface area contributed by atoms with Crippen LogP contribution in [0.5, 0.6) is 0 Å². The molecule has 0 N–H and O–H groups in total. The number of carbonyl (C=O) groups is 1. The van der Waals surface area contributed by atoms with E-state index >= 15 is 0 Å². The number of likely N-dealkylation sites (tertiary alicyclic amines) is 1. The Kier molecular flexibility index (Phi) is 3.48. The van der Waals surface area contributed by atoms with Crippen molar-refractivity contribution in [2.75, 3.05) is 25.9 Å². The molecule has 0 unspecified atom stereocenters. The first kappa shape index (κ1) is 15.3. The Labute approximate surface area is 126 Å². The lowest BCUT2D eigenvalue weighted by Gasteiger charge is -2.40. The molecule has 7 nitrogen and oxygen atoms in total. The van der Waals surface area contributed by atoms with Gasteiger partial charge in [0.1, 0.15) is 0 Å². The predicted molar refractivity (Wildman–Crippen MR) is 72.7 cm³/mol. The van der Waals surface area contributed by atoms with Gasteiger partial charge < -0.3 is 4.90 Å². The summed E-state index contributed by atoms with van der Waals surface area (Å²) in [5, 5.41) is 4.12. The maximum atomic E-state index is 12.8. The molecule has 1 saturated heterocycles. The Hall–Kier alpha value is -1.55. The van der Waals surface area contributed by atoms with Crippen LogP contribution in [0.15, 0.2) is 12.3 Å². The monoisotopic (exact) mass is 334 g/mol. The summed E-state index contributed by atoms with van der Waals surface area (Å²) in [4.78, 5) is 13.1. The van der Waals surface area contributed by atoms with Gasteiger partial charge in [-0.25, -0.2) is 17.2 Å². The zero-order valence-electron chi connectivity index (χ0n) is 11.9. The van der Waals surface area contributed by atoms with E-state index in [0.717, 1.165) is 11.2 Å². The minimum absolute atomic E-state index is 0.0449. The van der Waals surface area contributed by atoms with E-state index in [1.54, 1.807) is 10.7 Å². The van der Waals surface area contributed by atoms with Crippen molar-refractivity contribution in [1.29, 1.82) is 0 Å². The zero-order valence-corrected chi connectivity index (χ0v) is 12.8. The van der Waals surface area contributed by atoms with Crippen LogP contribution in [0.1, 0.15) is 18.2 Å². The number of alkyl halides is 2. The molecule has 0 radical (unpaired) electrons. The quantitative estimate of drug-likeness (QED) is 0.784. The van der Waals surface area contributed by atoms with Gasteiger partial charge in [0.25, 0.3) is 5.92 Å². The lowest BCUT2D eigenvalue weighted by atomic mass is 10.1. The number of rotatable bonds is 3. The van der Waals surface area contributed by atoms with Crippen LogP contribution in [0.2, 0.25) is 0 Å². The molecule has 1 aromatic rings. The van der Waals surface area contributed by atoms with E-state index in [9.17, 15) is 22.0 Å². The fourth-order valence-corrected chi connectivity index (χ4v) is 3.59. The van der Waals surface area contributed by atoms with Crippen LogP contribution in [-0.2, 0) is 21.4 Å². The highest BCUT2D eigenvalue weighted by molar-refractivity contribution is 7.88. The van der Waals surface area contributed by atoms with Crippen LogP contribution >= 0.6 is 0 Å². The van der Waals surface area contributed by atoms with Crippen molar-refractivity contribution in [3.05, 3.63) is 18.0 Å². The van der Waals surface area contributed by atoms with Crippen LogP contribution in [0, 0.1) is 0 Å². The first-order chi connectivity index (χ1) is 10.2. The lowest BCUT2D eigenvalue weighted by Crippen LogP contribution is -2.59. The predicted octanol–water partition coefficient (Wildman–Crippen LogP) is 0.0670. The van der Waals surface area contributed by atoms with E-state index < -0.39 is 41.0 Å². The highest BCUT2D eigenvalue weighted by Crippen LogP contribution is 2.30. The molecule has 0 aliphatic carbocycles. The van der Waals surface area contributed by atoms with Crippen molar-refractivity contribution in [3.8, 4) is 0 Å². The van der Waals surface area contributed by atoms with Gasteiger partial charge in [0.2, 0.25) is 15.9 Å². The van der Waals surface area contributed by atoms with Crippen molar-refractivity contribution in [3.63, 3.8) is 0 Å². The highest BCUT2D eigenvalue weighted by Gasteiger charge is 2.46. The molecule has 122 valence electrons. The second-order valence-corrected chi connectivity index (χ2v) is 7.77. The first-order valence-electron chi connectivity index (χ1n) is 6.79. The average Bonchev–Trinajstić information content (AvgIpc) is 2.83. The summed E-state index contributed by atoms with van der Waals surface area (Å²) in [7, 11) is -3.40. The summed E-state index contributed by atoms with van der Waals surface area (Å²) < 4.78 is 52.0. The highest BCUT2D eigenvalue weighted by atomic mass is 32.2. The SMILES string of the molecule is CS(=O)(=O)N1Cc2ccnn2[C@@H](CC(=O)N2CC(F)(F)C2)C1. The average molecular weight is 334 g/mol. The molecule has 10 heteroatoms. The summed E-state index contributed by atoms with van der Waals surface area (Å²) in [5.74, 6) is -3.22. The lowest BCUT2D eigenvalue weighted by molar-refractivity contribution is -0.166. The fraction of sp³-hybridized carbons (Fsp3) is 0.667. The topological polar surface area (TPSA) is 75.5 Å². The summed E-state index contributed by atoms with van der Waals surface area (Å²) in [5.41, 5.74) is 0.684. The molecule has 2 aliphatic rings. The van der Waals surface area contributed by atoms with Gasteiger partial charge >= 0.3 is 0 Å². The fourth-order valence-electron chi connectivity index (χ4n) is 2.78. The molecular formula is C12H16F2N4O3S. The van der Waals surface area contributed by atoms with Crippen LogP contribution < -0.4 is 0 Å². The third-order valence-corrected chi connectivity index (χ3v) is 5.14. The molecule has 0 aromatic carbocycles. The molecule has 3 rings (SSSR count). The number of nitrogens with zero attached hydrogens (tertiary/aromatic N) is 4. The van der Waals surface area contributed by atoms with Gasteiger partial charge in [-0.2, -0.15) is 9.40 Å². The third-order valence-electron chi connectivity index (χ3n) is 3.93. The largest absolute Gasteiger partial charge is 0.330 e. The van der Waals surface area contributed by atoms with E-state index in [1.165, 1.54) is 10.5 Å². The Balaban J connectivity index is 1.74. The Morgan fingerprint density at radius 2 is 2.14 bits per heavy atom. The number of sulfonamides is 1. The third kappa shape index (κ3) is 2.84. The van der Waals surface area contributed by atoms with E-state index in [-0.39, 0.29) is 19.5 Å². The smallest absolute Gasteiger partial charge is 0.282 e. The van der Waals surface area contributed by atoms with Crippen molar-refractivity contribution in [1.82, 2.24) is 19.0 Å². The van der Waals surface area contributed by atoms with Gasteiger partial charge in [-0.3, -0.25) is 9.48 Å². The maximum Gasteiger partial charge on any atom is 0.282 e. The van der Waals surface area contributed by atoms with Crippen molar-refractivity contribution in [2.45, 2.75) is 24.9 Å². The number of hydrogen-bond donors (Lipinski definition) is 0. The summed E-state index contributed by atoms with van der Waals surface area (Å²) in [6.07, 6.45) is 2.60. The minimum atomic E-state index is -3.40. The molecule has 0 bridgehead atoms. The summed E-state index contributed by atoms with van der Waals surface area (Å²) in [6.45, 7) is -0.824. The van der Waals surface area contributed by atoms with E-state index in [0.29, 0.717) is 5.69 Å². The van der Waals surface area contributed by atoms with E-state index in [2.05, 4.69) is 5.10 Å². The number of amides is 1. The van der Waals surface area contributed by atoms with Crippen LogP contribution in [0.25, 0.3) is 0 Å². The van der Waals surface area contributed by atoms with Crippen molar-refractivity contribution in [2.24, 2.45) is 0 Å². The molecule has 1 amide bonds. The summed E-state index contributed by atoms with van der Waals surface area (Å²) >= 11 is 0. The van der Waals surface area contributed by atoms with Crippen LogP contribution in [-0.4, -0.2) is 65.1 Å². The molecule has 1 atom stereocenters. The van der Waals surface area contributed by atoms with Crippen molar-refractivity contribution >= 4 is 15.9 Å². The second kappa shape index (κ2) is 4.98. The van der Waals surface area contributed by atoms with Crippen LogP contribution in [0.3, 0.4) is 0 Å². The summed E-state index contributed by atoms with van der Waals surface area (Å²) in [6, 6.07) is 1.21. The Morgan fingerprint density at radius 3 is 2.73 bits per heavy atom. The zero-order chi connectivity index (χ0) is 16.1. The molecule has 2 aliphatic heterocycles. The van der Waals surface area contributed by atoms with Crippen LogP contribution in [0.4, 0.5) is 8.78 Å². The number of aromatic nitrogens is 2. The number of halogens is 2. The number of fused-ring (bicyclic) bond motifs is 1. The Bertz CT molecular complexity index is 695. The number of carbonyl (C=O) groups excluding carboxylic acids is 1. The molecule has 1 fully saturated rings. The van der Waals surface area contributed by atoms with E-state index in [4.69, 9.17) is 0 Å². The Morgan fingerprint density at radius 1 is 1.45 bits per heavy atom. The molecule has 0 spiro atoms. The molecular weight excluding hydrogens is 318 g/mol. The van der Waals surface area contributed by atoms with Crippen molar-refractivity contribution < 1.29 is 22.0 Å². The number of hydrogen-bond acceptors (Lipinski definition) is 4. The normalized spacial score (nSPS) is 24.7. The molecule has 0 saturated carbocycles. The standard InChI is InChI=1S/C12H16F2N4O3S/c1-22(20,21)17-5-9-2-3-15-18(9)10(6-17)4-11(19)16-7-12(13,14)8-16/h2-3,10H,4-8H2,1H3/t10-/m0/s1. The second-order valence-electron chi connectivity index (χ2n) is 5.79.